The van der Waals surface area contributed by atoms with Crippen LogP contribution in [-0.4, -0.2) is 46.5 Å². The molecule has 5 aliphatic rings. The average molecular weight is 528 g/mol. The van der Waals surface area contributed by atoms with Crippen molar-refractivity contribution in [3.63, 3.8) is 0 Å². The van der Waals surface area contributed by atoms with Crippen molar-refractivity contribution in [1.82, 2.24) is 4.90 Å². The van der Waals surface area contributed by atoms with Gasteiger partial charge in [0.05, 0.1) is 18.9 Å². The summed E-state index contributed by atoms with van der Waals surface area (Å²) in [5.74, 6) is -1.86. The van der Waals surface area contributed by atoms with Crippen LogP contribution in [0.15, 0.2) is 58.7 Å². The highest BCUT2D eigenvalue weighted by Gasteiger charge is 2.57. The van der Waals surface area contributed by atoms with Crippen molar-refractivity contribution in [1.29, 1.82) is 0 Å². The lowest BCUT2D eigenvalue weighted by Crippen LogP contribution is -2.43. The van der Waals surface area contributed by atoms with Crippen LogP contribution in [0.3, 0.4) is 0 Å². The Morgan fingerprint density at radius 1 is 1.03 bits per heavy atom. The Hall–Kier alpha value is -3.74. The third-order valence-corrected chi connectivity index (χ3v) is 9.27. The molecule has 0 aromatic heterocycles. The van der Waals surface area contributed by atoms with Gasteiger partial charge in [-0.15, -0.1) is 0 Å². The second-order valence-corrected chi connectivity index (χ2v) is 11.4. The fourth-order valence-corrected chi connectivity index (χ4v) is 7.37. The number of fused-ring (bicyclic) bond motifs is 3. The molecule has 1 saturated carbocycles. The third-order valence-electron chi connectivity index (χ3n) is 9.27. The first-order chi connectivity index (χ1) is 18.8. The Bertz CT molecular complexity index is 1410. The van der Waals surface area contributed by atoms with Crippen LogP contribution < -0.4 is 4.74 Å². The largest absolute Gasteiger partial charge is 0.504 e. The van der Waals surface area contributed by atoms with Crippen molar-refractivity contribution in [3.8, 4) is 11.5 Å². The summed E-state index contributed by atoms with van der Waals surface area (Å²) in [5, 5.41) is 9.99. The molecule has 2 fully saturated rings. The number of benzene rings is 1. The molecular formula is C32H33NO6. The number of aromatic hydroxyl groups is 1. The Balaban J connectivity index is 1.40. The van der Waals surface area contributed by atoms with E-state index in [1.807, 2.05) is 18.2 Å². The number of carbonyl (C=O) groups is 4. The summed E-state index contributed by atoms with van der Waals surface area (Å²) in [7, 11) is 1.48. The van der Waals surface area contributed by atoms with E-state index in [9.17, 15) is 24.3 Å². The van der Waals surface area contributed by atoms with E-state index in [-0.39, 0.29) is 41.1 Å². The average Bonchev–Trinajstić information content (AvgIpc) is 3.20. The van der Waals surface area contributed by atoms with Crippen molar-refractivity contribution in [2.75, 3.05) is 7.11 Å². The fourth-order valence-electron chi connectivity index (χ4n) is 7.37. The number of imide groups is 1. The Morgan fingerprint density at radius 3 is 2.54 bits per heavy atom. The van der Waals surface area contributed by atoms with E-state index >= 15 is 0 Å². The lowest BCUT2D eigenvalue weighted by atomic mass is 9.60. The van der Waals surface area contributed by atoms with Gasteiger partial charge in [-0.05, 0) is 62.3 Å². The van der Waals surface area contributed by atoms with Gasteiger partial charge in [0.2, 0.25) is 11.8 Å². The van der Waals surface area contributed by atoms with E-state index in [1.54, 1.807) is 30.0 Å². The van der Waals surface area contributed by atoms with Crippen molar-refractivity contribution < 1.29 is 29.0 Å². The molecule has 202 valence electrons. The van der Waals surface area contributed by atoms with Crippen molar-refractivity contribution in [2.45, 2.75) is 57.9 Å². The molecule has 7 nitrogen and oxygen atoms in total. The maximum absolute atomic E-state index is 13.9. The van der Waals surface area contributed by atoms with Crippen LogP contribution in [0.2, 0.25) is 0 Å². The van der Waals surface area contributed by atoms with Crippen molar-refractivity contribution in [2.24, 2.45) is 23.7 Å². The number of phenols is 1. The van der Waals surface area contributed by atoms with Crippen LogP contribution in [-0.2, 0) is 19.2 Å². The zero-order valence-corrected chi connectivity index (χ0v) is 22.3. The van der Waals surface area contributed by atoms with Gasteiger partial charge in [0, 0.05) is 28.7 Å². The zero-order chi connectivity index (χ0) is 27.4. The quantitative estimate of drug-likeness (QED) is 0.346. The summed E-state index contributed by atoms with van der Waals surface area (Å²) in [5.41, 5.74) is 3.05. The molecule has 4 atom stereocenters. The van der Waals surface area contributed by atoms with Gasteiger partial charge >= 0.3 is 0 Å². The van der Waals surface area contributed by atoms with E-state index in [2.05, 4.69) is 0 Å². The standard InChI is InChI=1S/C32H33NO6/c1-17-14-26(35)24-16-23-20(11-12-22-29(23)32(38)33(31(22)37)19-6-4-3-5-7-19)21(28(24)30(17)36)10-8-18-9-13-25(34)27(15-18)39-2/h8-11,13-15,19,21-23,29,34H,3-7,12,16H2,1-2H3/t21-,22-,23+,29-/m0/s1. The normalized spacial score (nSPS) is 29.3. The first-order valence-corrected chi connectivity index (χ1v) is 13.9. The summed E-state index contributed by atoms with van der Waals surface area (Å²) < 4.78 is 5.24. The highest BCUT2D eigenvalue weighted by molar-refractivity contribution is 6.23. The van der Waals surface area contributed by atoms with Gasteiger partial charge in [-0.1, -0.05) is 49.1 Å². The van der Waals surface area contributed by atoms with Gasteiger partial charge in [0.25, 0.3) is 0 Å². The molecular weight excluding hydrogens is 494 g/mol. The van der Waals surface area contributed by atoms with Gasteiger partial charge in [-0.25, -0.2) is 0 Å². The van der Waals surface area contributed by atoms with E-state index in [0.29, 0.717) is 35.3 Å². The van der Waals surface area contributed by atoms with Crippen LogP contribution in [0.1, 0.15) is 57.4 Å². The van der Waals surface area contributed by atoms with E-state index in [4.69, 9.17) is 4.74 Å². The first-order valence-electron chi connectivity index (χ1n) is 13.9. The molecule has 0 unspecified atom stereocenters. The third kappa shape index (κ3) is 4.10. The second-order valence-electron chi connectivity index (χ2n) is 11.4. The maximum atomic E-state index is 13.9. The minimum atomic E-state index is -0.506. The molecule has 1 heterocycles. The molecule has 7 heteroatoms. The fraction of sp³-hybridized carbons (Fsp3) is 0.438. The molecule has 1 aromatic carbocycles. The van der Waals surface area contributed by atoms with Crippen LogP contribution in [0.5, 0.6) is 11.5 Å². The van der Waals surface area contributed by atoms with Crippen LogP contribution in [0, 0.1) is 23.7 Å². The SMILES string of the molecule is COc1cc(C=C[C@H]2C3=CC[C@@H]4C(=O)N(C5CCCCC5)C(=O)[C@@H]4[C@@H]3CC3=C2C(=O)C(C)=CC3=O)ccc1O. The number of hydrogen-bond donors (Lipinski definition) is 1. The molecule has 0 spiro atoms. The number of phenolic OH excluding ortho intramolecular Hbond substituents is 1. The highest BCUT2D eigenvalue weighted by Crippen LogP contribution is 2.53. The Kier molecular flexibility index (Phi) is 6.40. The second kappa shape index (κ2) is 9.78. The number of hydrogen-bond acceptors (Lipinski definition) is 6. The van der Waals surface area contributed by atoms with E-state index < -0.39 is 17.8 Å². The zero-order valence-electron chi connectivity index (χ0n) is 22.3. The van der Waals surface area contributed by atoms with Crippen LogP contribution in [0.4, 0.5) is 0 Å². The number of rotatable bonds is 4. The van der Waals surface area contributed by atoms with Gasteiger partial charge < -0.3 is 9.84 Å². The first kappa shape index (κ1) is 25.5. The van der Waals surface area contributed by atoms with Gasteiger partial charge in [0.15, 0.2) is 23.1 Å². The van der Waals surface area contributed by atoms with Gasteiger partial charge in [-0.2, -0.15) is 0 Å². The Labute approximate surface area is 227 Å². The number of nitrogens with zero attached hydrogens (tertiary/aromatic N) is 1. The van der Waals surface area contributed by atoms with E-state index in [0.717, 1.165) is 43.2 Å². The van der Waals surface area contributed by atoms with Crippen molar-refractivity contribution >= 4 is 29.5 Å². The maximum Gasteiger partial charge on any atom is 0.233 e. The minimum Gasteiger partial charge on any atom is -0.504 e. The number of Topliss-reactive ketones (excluding diaryl/α,β-unsaturated/α-hetero) is 1. The minimum absolute atomic E-state index is 0.0270. The number of ketones is 2. The molecule has 1 N–H and O–H groups in total. The summed E-state index contributed by atoms with van der Waals surface area (Å²) in [6.45, 7) is 1.66. The van der Waals surface area contributed by atoms with E-state index in [1.165, 1.54) is 13.2 Å². The molecule has 4 aliphatic carbocycles. The number of amides is 2. The number of carbonyl (C=O) groups excluding carboxylic acids is 4. The molecule has 2 amide bonds. The lowest BCUT2D eigenvalue weighted by Gasteiger charge is -2.41. The molecule has 1 aliphatic heterocycles. The molecule has 0 radical (unpaired) electrons. The summed E-state index contributed by atoms with van der Waals surface area (Å²) in [6.07, 6.45) is 12.9. The molecule has 1 aromatic rings. The number of allylic oxidation sites excluding steroid dienone is 7. The topological polar surface area (TPSA) is 101 Å². The van der Waals surface area contributed by atoms with Gasteiger partial charge in [-0.3, -0.25) is 24.1 Å². The lowest BCUT2D eigenvalue weighted by molar-refractivity contribution is -0.143. The number of likely N-dealkylation sites (tertiary alicyclic amines) is 1. The molecule has 1 saturated heterocycles. The van der Waals surface area contributed by atoms with Gasteiger partial charge in [0.1, 0.15) is 0 Å². The summed E-state index contributed by atoms with van der Waals surface area (Å²) in [6, 6.07) is 4.96. The Morgan fingerprint density at radius 2 is 1.79 bits per heavy atom. The predicted octanol–water partition coefficient (Wildman–Crippen LogP) is 4.71. The van der Waals surface area contributed by atoms with Crippen molar-refractivity contribution in [3.05, 3.63) is 64.3 Å². The smallest absolute Gasteiger partial charge is 0.233 e. The van der Waals surface area contributed by atoms with Crippen LogP contribution in [0.25, 0.3) is 6.08 Å². The molecule has 0 bridgehead atoms. The predicted molar refractivity (Wildman–Crippen MR) is 144 cm³/mol. The highest BCUT2D eigenvalue weighted by atomic mass is 16.5. The molecule has 39 heavy (non-hydrogen) atoms. The van der Waals surface area contributed by atoms with Crippen LogP contribution >= 0.6 is 0 Å². The number of methoxy groups -OCH3 is 1. The summed E-state index contributed by atoms with van der Waals surface area (Å²) in [4.78, 5) is 55.6. The summed E-state index contributed by atoms with van der Waals surface area (Å²) >= 11 is 0. The monoisotopic (exact) mass is 527 g/mol. The number of ether oxygens (including phenoxy) is 1. The molecule has 6 rings (SSSR count).